The molecule has 0 atom stereocenters. The van der Waals surface area contributed by atoms with E-state index in [-0.39, 0.29) is 10.3 Å². The molecule has 0 aliphatic carbocycles. The van der Waals surface area contributed by atoms with Crippen molar-refractivity contribution < 1.29 is 17.8 Å². The van der Waals surface area contributed by atoms with Gasteiger partial charge in [0.2, 0.25) is 6.08 Å². The highest BCUT2D eigenvalue weighted by Gasteiger charge is 2.15. The number of rotatable bonds is 4. The lowest BCUT2D eigenvalue weighted by Crippen LogP contribution is -2.10. The average molecular weight is 363 g/mol. The molecular formula is C17H17NO4S2. The first-order valence-corrected chi connectivity index (χ1v) is 9.35. The zero-order chi connectivity index (χ0) is 18.0. The van der Waals surface area contributed by atoms with E-state index in [1.54, 1.807) is 0 Å². The lowest BCUT2D eigenvalue weighted by molar-refractivity contribution is 0.483. The molecule has 0 spiro atoms. The Bertz CT molecular complexity index is 891. The van der Waals surface area contributed by atoms with Gasteiger partial charge >= 0.3 is 0 Å². The van der Waals surface area contributed by atoms with Crippen LogP contribution in [0.25, 0.3) is 0 Å². The van der Waals surface area contributed by atoms with Crippen LogP contribution < -0.4 is 0 Å². The predicted molar refractivity (Wildman–Crippen MR) is 93.3 cm³/mol. The summed E-state index contributed by atoms with van der Waals surface area (Å²) in [5, 5.41) is 0. The van der Waals surface area contributed by atoms with Crippen LogP contribution in [0.5, 0.6) is 0 Å². The van der Waals surface area contributed by atoms with Crippen molar-refractivity contribution in [2.24, 2.45) is 4.99 Å². The molecule has 0 bridgehead atoms. The number of hydrogen-bond acceptors (Lipinski definition) is 5. The van der Waals surface area contributed by atoms with Crippen molar-refractivity contribution in [3.8, 4) is 0 Å². The fraction of sp³-hybridized carbons (Fsp3) is 0.235. The molecule has 0 aliphatic heterocycles. The van der Waals surface area contributed by atoms with Crippen LogP contribution in [0.1, 0.15) is 26.3 Å². The van der Waals surface area contributed by atoms with Crippen LogP contribution in [0.15, 0.2) is 62.1 Å². The molecule has 2 aromatic rings. The second-order valence-corrected chi connectivity index (χ2v) is 8.72. The minimum absolute atomic E-state index is 0.0288. The highest BCUT2D eigenvalue weighted by molar-refractivity contribution is 7.99. The SMILES string of the molecule is CC(C)(C)c1ccc(Sc2cc(S(=O)(=O)O)ccc2N=C=O)cc1. The lowest BCUT2D eigenvalue weighted by Gasteiger charge is -2.19. The minimum atomic E-state index is -4.33. The summed E-state index contributed by atoms with van der Waals surface area (Å²) in [7, 11) is -4.33. The van der Waals surface area contributed by atoms with E-state index in [0.717, 1.165) is 4.90 Å². The molecule has 0 fully saturated rings. The number of carbonyl (C=O) groups excluding carboxylic acids is 1. The summed E-state index contributed by atoms with van der Waals surface area (Å²) in [6.07, 6.45) is 1.45. The average Bonchev–Trinajstić information content (AvgIpc) is 2.48. The van der Waals surface area contributed by atoms with Gasteiger partial charge in [0.05, 0.1) is 10.6 Å². The molecule has 2 aromatic carbocycles. The zero-order valence-electron chi connectivity index (χ0n) is 13.5. The third kappa shape index (κ3) is 4.55. The molecule has 0 saturated carbocycles. The molecule has 0 radical (unpaired) electrons. The van der Waals surface area contributed by atoms with E-state index < -0.39 is 10.1 Å². The Morgan fingerprint density at radius 2 is 1.71 bits per heavy atom. The summed E-state index contributed by atoms with van der Waals surface area (Å²) in [4.78, 5) is 15.2. The number of benzene rings is 2. The minimum Gasteiger partial charge on any atom is -0.282 e. The first-order chi connectivity index (χ1) is 11.1. The van der Waals surface area contributed by atoms with E-state index in [0.29, 0.717) is 10.6 Å². The van der Waals surface area contributed by atoms with Gasteiger partial charge in [0.15, 0.2) is 0 Å². The Morgan fingerprint density at radius 3 is 2.21 bits per heavy atom. The molecule has 0 amide bonds. The molecule has 0 aliphatic rings. The first-order valence-electron chi connectivity index (χ1n) is 7.09. The van der Waals surface area contributed by atoms with Crippen LogP contribution >= 0.6 is 11.8 Å². The molecule has 2 rings (SSSR count). The number of hydrogen-bond donors (Lipinski definition) is 1. The second-order valence-electron chi connectivity index (χ2n) is 6.18. The van der Waals surface area contributed by atoms with Crippen LogP contribution in [0.2, 0.25) is 0 Å². The van der Waals surface area contributed by atoms with Crippen LogP contribution in [-0.4, -0.2) is 19.1 Å². The van der Waals surface area contributed by atoms with Crippen molar-refractivity contribution >= 4 is 33.6 Å². The number of nitrogens with zero attached hydrogens (tertiary/aromatic N) is 1. The summed E-state index contributed by atoms with van der Waals surface area (Å²) in [5.41, 5.74) is 1.49. The highest BCUT2D eigenvalue weighted by Crippen LogP contribution is 2.37. The Labute approximate surface area is 145 Å². The molecule has 0 heterocycles. The van der Waals surface area contributed by atoms with Gasteiger partial charge in [0.25, 0.3) is 10.1 Å². The first kappa shape index (κ1) is 18.4. The standard InChI is InChI=1S/C17H17NO4S2/c1-17(2,3)12-4-6-13(7-5-12)23-16-10-14(24(20,21)22)8-9-15(16)18-11-19/h4-10H,1-3H3,(H,20,21,22). The molecule has 126 valence electrons. The predicted octanol–water partition coefficient (Wildman–Crippen LogP) is 4.35. The summed E-state index contributed by atoms with van der Waals surface area (Å²) < 4.78 is 31.8. The Morgan fingerprint density at radius 1 is 1.08 bits per heavy atom. The molecule has 5 nitrogen and oxygen atoms in total. The Kier molecular flexibility index (Phi) is 5.30. The molecule has 7 heteroatoms. The van der Waals surface area contributed by atoms with Crippen LogP contribution in [0.3, 0.4) is 0 Å². The largest absolute Gasteiger partial charge is 0.294 e. The lowest BCUT2D eigenvalue weighted by atomic mass is 9.87. The zero-order valence-corrected chi connectivity index (χ0v) is 15.1. The maximum Gasteiger partial charge on any atom is 0.294 e. The summed E-state index contributed by atoms with van der Waals surface area (Å²) in [6, 6.07) is 11.7. The van der Waals surface area contributed by atoms with Crippen molar-refractivity contribution in [3.63, 3.8) is 0 Å². The molecule has 1 N–H and O–H groups in total. The second kappa shape index (κ2) is 6.91. The van der Waals surface area contributed by atoms with E-state index in [1.165, 1.54) is 41.6 Å². The van der Waals surface area contributed by atoms with Gasteiger partial charge in [0.1, 0.15) is 0 Å². The maximum atomic E-state index is 11.3. The van der Waals surface area contributed by atoms with Gasteiger partial charge in [-0.3, -0.25) is 4.55 Å². The van der Waals surface area contributed by atoms with E-state index >= 15 is 0 Å². The van der Waals surface area contributed by atoms with Gasteiger partial charge < -0.3 is 0 Å². The van der Waals surface area contributed by atoms with Gasteiger partial charge in [-0.1, -0.05) is 44.7 Å². The molecule has 0 aromatic heterocycles. The normalized spacial score (nSPS) is 11.8. The van der Waals surface area contributed by atoms with Crippen molar-refractivity contribution in [1.82, 2.24) is 0 Å². The summed E-state index contributed by atoms with van der Waals surface area (Å²) in [5.74, 6) is 0. The summed E-state index contributed by atoms with van der Waals surface area (Å²) in [6.45, 7) is 6.34. The highest BCUT2D eigenvalue weighted by atomic mass is 32.2. The van der Waals surface area contributed by atoms with Crippen LogP contribution in [0.4, 0.5) is 5.69 Å². The van der Waals surface area contributed by atoms with Gasteiger partial charge in [0, 0.05) is 9.79 Å². The molecular weight excluding hydrogens is 346 g/mol. The molecule has 0 unspecified atom stereocenters. The van der Waals surface area contributed by atoms with Crippen LogP contribution in [-0.2, 0) is 20.3 Å². The molecule has 0 saturated heterocycles. The van der Waals surface area contributed by atoms with E-state index in [4.69, 9.17) is 0 Å². The Hall–Kier alpha value is -1.92. The fourth-order valence-electron chi connectivity index (χ4n) is 2.03. The third-order valence-electron chi connectivity index (χ3n) is 3.34. The van der Waals surface area contributed by atoms with Crippen molar-refractivity contribution in [1.29, 1.82) is 0 Å². The van der Waals surface area contributed by atoms with Crippen molar-refractivity contribution in [2.45, 2.75) is 40.9 Å². The Balaban J connectivity index is 2.42. The summed E-state index contributed by atoms with van der Waals surface area (Å²) >= 11 is 1.26. The molecule has 24 heavy (non-hydrogen) atoms. The monoisotopic (exact) mass is 363 g/mol. The van der Waals surface area contributed by atoms with E-state index in [9.17, 15) is 17.8 Å². The van der Waals surface area contributed by atoms with Crippen molar-refractivity contribution in [2.75, 3.05) is 0 Å². The smallest absolute Gasteiger partial charge is 0.282 e. The van der Waals surface area contributed by atoms with Gasteiger partial charge in [-0.25, -0.2) is 4.79 Å². The third-order valence-corrected chi connectivity index (χ3v) is 5.25. The number of isocyanates is 1. The van der Waals surface area contributed by atoms with Crippen molar-refractivity contribution in [3.05, 3.63) is 48.0 Å². The topological polar surface area (TPSA) is 83.8 Å². The van der Waals surface area contributed by atoms with E-state index in [1.807, 2.05) is 24.3 Å². The maximum absolute atomic E-state index is 11.3. The van der Waals surface area contributed by atoms with Gasteiger partial charge in [-0.2, -0.15) is 13.4 Å². The van der Waals surface area contributed by atoms with Gasteiger partial charge in [-0.15, -0.1) is 0 Å². The number of aliphatic imine (C=N–C) groups is 1. The van der Waals surface area contributed by atoms with Crippen LogP contribution in [0, 0.1) is 0 Å². The van der Waals surface area contributed by atoms with Gasteiger partial charge in [-0.05, 0) is 41.3 Å². The fourth-order valence-corrected chi connectivity index (χ4v) is 3.54. The quantitative estimate of drug-likeness (QED) is 0.496. The van der Waals surface area contributed by atoms with E-state index in [2.05, 4.69) is 25.8 Å².